The normalized spacial score (nSPS) is 13.9. The van der Waals surface area contributed by atoms with E-state index in [1.807, 2.05) is 24.3 Å². The molecule has 0 saturated heterocycles. The van der Waals surface area contributed by atoms with Crippen LogP contribution in [-0.4, -0.2) is 51.3 Å². The Kier molecular flexibility index (Phi) is 9.01. The van der Waals surface area contributed by atoms with Crippen LogP contribution in [0.3, 0.4) is 0 Å². The van der Waals surface area contributed by atoms with E-state index in [-0.39, 0.29) is 19.3 Å². The third-order valence-electron chi connectivity index (χ3n) is 3.07. The van der Waals surface area contributed by atoms with Crippen LogP contribution in [0.5, 0.6) is 5.75 Å². The molecule has 0 saturated carbocycles. The summed E-state index contributed by atoms with van der Waals surface area (Å²) in [6, 6.07) is 8.08. The standard InChI is InChI=1S/C16H27NO4/c1-4-17-13(2)15-7-5-6-8-16(15)21-12-14(18)11-20-10-9-19-3/h5-8,13-14,17-18H,4,9-12H2,1-3H3. The van der Waals surface area contributed by atoms with Gasteiger partial charge >= 0.3 is 0 Å². The highest BCUT2D eigenvalue weighted by Gasteiger charge is 2.12. The number of nitrogens with one attached hydrogen (secondary N) is 1. The summed E-state index contributed by atoms with van der Waals surface area (Å²) in [5.41, 5.74) is 1.09. The summed E-state index contributed by atoms with van der Waals surface area (Å²) >= 11 is 0. The van der Waals surface area contributed by atoms with Gasteiger partial charge in [-0.05, 0) is 19.5 Å². The smallest absolute Gasteiger partial charge is 0.124 e. The molecule has 21 heavy (non-hydrogen) atoms. The van der Waals surface area contributed by atoms with Crippen LogP contribution in [0, 0.1) is 0 Å². The maximum atomic E-state index is 9.84. The fourth-order valence-corrected chi connectivity index (χ4v) is 1.98. The van der Waals surface area contributed by atoms with Gasteiger partial charge < -0.3 is 24.6 Å². The van der Waals surface area contributed by atoms with Crippen molar-refractivity contribution in [2.45, 2.75) is 26.0 Å². The van der Waals surface area contributed by atoms with Crippen LogP contribution >= 0.6 is 0 Å². The van der Waals surface area contributed by atoms with Gasteiger partial charge in [0.15, 0.2) is 0 Å². The first-order chi connectivity index (χ1) is 10.2. The van der Waals surface area contributed by atoms with Crippen molar-refractivity contribution < 1.29 is 19.3 Å². The summed E-state index contributed by atoms with van der Waals surface area (Å²) in [4.78, 5) is 0. The third kappa shape index (κ3) is 6.91. The lowest BCUT2D eigenvalue weighted by Crippen LogP contribution is -2.25. The van der Waals surface area contributed by atoms with E-state index in [0.29, 0.717) is 13.2 Å². The van der Waals surface area contributed by atoms with Gasteiger partial charge in [0.05, 0.1) is 19.8 Å². The molecule has 0 fully saturated rings. The highest BCUT2D eigenvalue weighted by atomic mass is 16.5. The monoisotopic (exact) mass is 297 g/mol. The van der Waals surface area contributed by atoms with Crippen LogP contribution in [0.2, 0.25) is 0 Å². The van der Waals surface area contributed by atoms with E-state index in [0.717, 1.165) is 17.9 Å². The molecule has 0 aliphatic rings. The number of ether oxygens (including phenoxy) is 3. The molecule has 1 aromatic rings. The lowest BCUT2D eigenvalue weighted by molar-refractivity contribution is -0.00437. The Morgan fingerprint density at radius 1 is 1.19 bits per heavy atom. The van der Waals surface area contributed by atoms with Crippen molar-refractivity contribution in [2.75, 3.05) is 40.1 Å². The minimum atomic E-state index is -0.649. The molecule has 0 spiro atoms. The van der Waals surface area contributed by atoms with E-state index in [1.54, 1.807) is 7.11 Å². The molecule has 0 aliphatic heterocycles. The average molecular weight is 297 g/mol. The van der Waals surface area contributed by atoms with Gasteiger partial charge in [-0.1, -0.05) is 25.1 Å². The summed E-state index contributed by atoms with van der Waals surface area (Å²) in [6.45, 7) is 6.51. The zero-order valence-electron chi connectivity index (χ0n) is 13.2. The van der Waals surface area contributed by atoms with Gasteiger partial charge in [-0.3, -0.25) is 0 Å². The number of methoxy groups -OCH3 is 1. The van der Waals surface area contributed by atoms with Crippen molar-refractivity contribution in [3.05, 3.63) is 29.8 Å². The van der Waals surface area contributed by atoms with E-state index in [4.69, 9.17) is 14.2 Å². The Balaban J connectivity index is 2.43. The molecule has 5 nitrogen and oxygen atoms in total. The highest BCUT2D eigenvalue weighted by molar-refractivity contribution is 5.35. The number of aliphatic hydroxyl groups excluding tert-OH is 1. The quantitative estimate of drug-likeness (QED) is 0.610. The molecule has 120 valence electrons. The van der Waals surface area contributed by atoms with E-state index >= 15 is 0 Å². The first kappa shape index (κ1) is 17.9. The molecule has 2 unspecified atom stereocenters. The van der Waals surface area contributed by atoms with Crippen LogP contribution in [0.25, 0.3) is 0 Å². The fourth-order valence-electron chi connectivity index (χ4n) is 1.98. The van der Waals surface area contributed by atoms with Crippen molar-refractivity contribution >= 4 is 0 Å². The second kappa shape index (κ2) is 10.6. The summed E-state index contributed by atoms with van der Waals surface area (Å²) in [5.74, 6) is 0.793. The van der Waals surface area contributed by atoms with Crippen molar-refractivity contribution in [2.24, 2.45) is 0 Å². The number of aliphatic hydroxyl groups is 1. The van der Waals surface area contributed by atoms with Crippen LogP contribution in [0.1, 0.15) is 25.5 Å². The Hall–Kier alpha value is -1.14. The lowest BCUT2D eigenvalue weighted by atomic mass is 10.1. The second-order valence-corrected chi connectivity index (χ2v) is 4.85. The molecular formula is C16H27NO4. The summed E-state index contributed by atoms with van der Waals surface area (Å²) in [5, 5.41) is 13.2. The second-order valence-electron chi connectivity index (χ2n) is 4.85. The number of rotatable bonds is 11. The molecule has 1 rings (SSSR count). The highest BCUT2D eigenvalue weighted by Crippen LogP contribution is 2.24. The molecule has 0 aliphatic carbocycles. The summed E-state index contributed by atoms with van der Waals surface area (Å²) in [6.07, 6.45) is -0.649. The predicted molar refractivity (Wildman–Crippen MR) is 82.7 cm³/mol. The lowest BCUT2D eigenvalue weighted by Gasteiger charge is -2.19. The van der Waals surface area contributed by atoms with Gasteiger partial charge in [0, 0.05) is 18.7 Å². The van der Waals surface area contributed by atoms with Crippen LogP contribution in [-0.2, 0) is 9.47 Å². The number of benzene rings is 1. The van der Waals surface area contributed by atoms with Crippen molar-refractivity contribution in [3.63, 3.8) is 0 Å². The largest absolute Gasteiger partial charge is 0.490 e. The molecule has 0 aromatic heterocycles. The van der Waals surface area contributed by atoms with Crippen LogP contribution in [0.15, 0.2) is 24.3 Å². The van der Waals surface area contributed by atoms with E-state index in [2.05, 4.69) is 19.2 Å². The molecular weight excluding hydrogens is 270 g/mol. The van der Waals surface area contributed by atoms with E-state index < -0.39 is 6.10 Å². The molecule has 0 amide bonds. The maximum Gasteiger partial charge on any atom is 0.124 e. The van der Waals surface area contributed by atoms with Gasteiger partial charge in [-0.15, -0.1) is 0 Å². The minimum Gasteiger partial charge on any atom is -0.490 e. The molecule has 1 aromatic carbocycles. The summed E-state index contributed by atoms with van der Waals surface area (Å²) < 4.78 is 15.9. The Morgan fingerprint density at radius 2 is 1.95 bits per heavy atom. The SMILES string of the molecule is CCNC(C)c1ccccc1OCC(O)COCCOC. The fraction of sp³-hybridized carbons (Fsp3) is 0.625. The van der Waals surface area contributed by atoms with Gasteiger partial charge in [-0.25, -0.2) is 0 Å². The van der Waals surface area contributed by atoms with Crippen molar-refractivity contribution in [1.29, 1.82) is 0 Å². The van der Waals surface area contributed by atoms with Gasteiger partial charge in [0.25, 0.3) is 0 Å². The van der Waals surface area contributed by atoms with Crippen molar-refractivity contribution in [3.8, 4) is 5.75 Å². The Morgan fingerprint density at radius 3 is 2.67 bits per heavy atom. The molecule has 2 N–H and O–H groups in total. The first-order valence-corrected chi connectivity index (χ1v) is 7.38. The zero-order valence-corrected chi connectivity index (χ0v) is 13.2. The maximum absolute atomic E-state index is 9.84. The zero-order chi connectivity index (χ0) is 15.5. The van der Waals surface area contributed by atoms with Gasteiger partial charge in [-0.2, -0.15) is 0 Å². The Bertz CT molecular complexity index is 386. The van der Waals surface area contributed by atoms with Gasteiger partial charge in [0.2, 0.25) is 0 Å². The van der Waals surface area contributed by atoms with Crippen molar-refractivity contribution in [1.82, 2.24) is 5.32 Å². The number of para-hydroxylation sites is 1. The number of hydrogen-bond acceptors (Lipinski definition) is 5. The number of hydrogen-bond donors (Lipinski definition) is 2. The summed E-state index contributed by atoms with van der Waals surface area (Å²) in [7, 11) is 1.62. The molecule has 5 heteroatoms. The average Bonchev–Trinajstić information content (AvgIpc) is 2.50. The van der Waals surface area contributed by atoms with E-state index in [9.17, 15) is 5.11 Å². The molecule has 0 heterocycles. The van der Waals surface area contributed by atoms with Gasteiger partial charge in [0.1, 0.15) is 18.5 Å². The molecule has 2 atom stereocenters. The predicted octanol–water partition coefficient (Wildman–Crippen LogP) is 1.76. The van der Waals surface area contributed by atoms with Crippen LogP contribution in [0.4, 0.5) is 0 Å². The Labute approximate surface area is 127 Å². The first-order valence-electron chi connectivity index (χ1n) is 7.38. The van der Waals surface area contributed by atoms with E-state index in [1.165, 1.54) is 0 Å². The topological polar surface area (TPSA) is 60.0 Å². The molecule has 0 bridgehead atoms. The minimum absolute atomic E-state index is 0.210. The molecule has 0 radical (unpaired) electrons. The third-order valence-corrected chi connectivity index (χ3v) is 3.07. The van der Waals surface area contributed by atoms with Crippen LogP contribution < -0.4 is 10.1 Å².